The number of aryl methyl sites for hydroxylation is 1. The molecule has 0 N–H and O–H groups in total. The van der Waals surface area contributed by atoms with Gasteiger partial charge in [0, 0.05) is 28.3 Å². The van der Waals surface area contributed by atoms with E-state index in [0.29, 0.717) is 6.61 Å². The zero-order valence-electron chi connectivity index (χ0n) is 14.7. The molecule has 0 atom stereocenters. The van der Waals surface area contributed by atoms with Crippen molar-refractivity contribution in [1.82, 2.24) is 4.98 Å². The third-order valence-corrected chi connectivity index (χ3v) is 5.10. The number of hydrogen-bond donors (Lipinski definition) is 0. The van der Waals surface area contributed by atoms with Crippen molar-refractivity contribution >= 4 is 10.8 Å². The molecule has 126 valence electrons. The second-order valence-electron chi connectivity index (χ2n) is 6.74. The highest BCUT2D eigenvalue weighted by Crippen LogP contribution is 2.43. The molecule has 0 spiro atoms. The Morgan fingerprint density at radius 3 is 2.19 bits per heavy atom. The van der Waals surface area contributed by atoms with Crippen LogP contribution in [0.1, 0.15) is 11.3 Å². The Labute approximate surface area is 153 Å². The van der Waals surface area contributed by atoms with Gasteiger partial charge in [-0.25, -0.2) is 0 Å². The van der Waals surface area contributed by atoms with Gasteiger partial charge in [-0.1, -0.05) is 66.7 Å². The second-order valence-corrected chi connectivity index (χ2v) is 6.74. The number of rotatable bonds is 2. The Bertz CT molecular complexity index is 1100. The van der Waals surface area contributed by atoms with Crippen LogP contribution < -0.4 is 4.74 Å². The van der Waals surface area contributed by atoms with Gasteiger partial charge in [-0.15, -0.1) is 0 Å². The molecule has 5 rings (SSSR count). The van der Waals surface area contributed by atoms with Crippen molar-refractivity contribution in [2.45, 2.75) is 13.3 Å². The zero-order chi connectivity index (χ0) is 17.5. The summed E-state index contributed by atoms with van der Waals surface area (Å²) in [4.78, 5) is 5.14. The molecule has 1 aromatic heterocycles. The van der Waals surface area contributed by atoms with Crippen LogP contribution in [0.15, 0.2) is 72.8 Å². The molecule has 1 aliphatic rings. The monoisotopic (exact) mass is 337 g/mol. The smallest absolute Gasteiger partial charge is 0.129 e. The Morgan fingerprint density at radius 1 is 0.769 bits per heavy atom. The minimum atomic E-state index is 0.692. The van der Waals surface area contributed by atoms with E-state index in [1.807, 2.05) is 6.07 Å². The lowest BCUT2D eigenvalue weighted by Gasteiger charge is -2.23. The van der Waals surface area contributed by atoms with E-state index in [1.165, 1.54) is 27.5 Å². The minimum absolute atomic E-state index is 0.692. The number of ether oxygens (including phenoxy) is 1. The van der Waals surface area contributed by atoms with E-state index in [9.17, 15) is 0 Å². The van der Waals surface area contributed by atoms with E-state index in [0.717, 1.165) is 29.1 Å². The summed E-state index contributed by atoms with van der Waals surface area (Å²) in [6.45, 7) is 2.87. The van der Waals surface area contributed by atoms with E-state index < -0.39 is 0 Å². The molecule has 0 fully saturated rings. The summed E-state index contributed by atoms with van der Waals surface area (Å²) in [6, 6.07) is 25.3. The van der Waals surface area contributed by atoms with Gasteiger partial charge in [-0.2, -0.15) is 0 Å². The molecule has 26 heavy (non-hydrogen) atoms. The molecule has 2 heteroatoms. The third kappa shape index (κ3) is 2.30. The third-order valence-electron chi connectivity index (χ3n) is 5.10. The van der Waals surface area contributed by atoms with Gasteiger partial charge < -0.3 is 4.74 Å². The standard InChI is InChI=1S/C24H19NO/c1-16-12-13-20-23-19(14-15-26-20)25-24(18-10-6-3-7-11-18)22(21(16)23)17-8-4-2-5-9-17/h2-13H,14-15H2,1H3. The summed E-state index contributed by atoms with van der Waals surface area (Å²) >= 11 is 0. The maximum Gasteiger partial charge on any atom is 0.129 e. The number of aromatic nitrogens is 1. The van der Waals surface area contributed by atoms with Crippen LogP contribution in [-0.2, 0) is 6.42 Å². The fourth-order valence-electron chi connectivity index (χ4n) is 3.91. The van der Waals surface area contributed by atoms with Crippen molar-refractivity contribution < 1.29 is 4.74 Å². The SMILES string of the molecule is Cc1ccc2c3c(nc(-c4ccccc4)c(-c4ccccc4)c13)CCO2. The fourth-order valence-corrected chi connectivity index (χ4v) is 3.91. The first kappa shape index (κ1) is 15.2. The van der Waals surface area contributed by atoms with Gasteiger partial charge in [0.2, 0.25) is 0 Å². The molecule has 3 aromatic carbocycles. The first-order chi connectivity index (χ1) is 12.8. The Balaban J connectivity index is 1.97. The lowest BCUT2D eigenvalue weighted by atomic mass is 9.89. The predicted octanol–water partition coefficient (Wildman–Crippen LogP) is 5.81. The first-order valence-electron chi connectivity index (χ1n) is 9.03. The normalized spacial score (nSPS) is 12.8. The van der Waals surface area contributed by atoms with Crippen molar-refractivity contribution in [3.05, 3.63) is 84.1 Å². The lowest BCUT2D eigenvalue weighted by molar-refractivity contribution is 0.316. The number of nitrogens with zero attached hydrogens (tertiary/aromatic N) is 1. The first-order valence-corrected chi connectivity index (χ1v) is 9.03. The number of pyridine rings is 1. The van der Waals surface area contributed by atoms with Crippen LogP contribution in [0.3, 0.4) is 0 Å². The highest BCUT2D eigenvalue weighted by atomic mass is 16.5. The highest BCUT2D eigenvalue weighted by molar-refractivity contribution is 6.08. The van der Waals surface area contributed by atoms with Crippen LogP contribution in [0.2, 0.25) is 0 Å². The molecule has 4 aromatic rings. The molecular formula is C24H19NO. The van der Waals surface area contributed by atoms with Crippen LogP contribution in [0.25, 0.3) is 33.2 Å². The Kier molecular flexibility index (Phi) is 3.49. The van der Waals surface area contributed by atoms with Crippen LogP contribution in [-0.4, -0.2) is 11.6 Å². The van der Waals surface area contributed by atoms with Gasteiger partial charge >= 0.3 is 0 Å². The fraction of sp³-hybridized carbons (Fsp3) is 0.125. The molecule has 0 amide bonds. The Hall–Kier alpha value is -3.13. The van der Waals surface area contributed by atoms with Gasteiger partial charge in [0.15, 0.2) is 0 Å². The molecule has 0 bridgehead atoms. The van der Waals surface area contributed by atoms with E-state index in [-0.39, 0.29) is 0 Å². The largest absolute Gasteiger partial charge is 0.492 e. The molecule has 0 unspecified atom stereocenters. The summed E-state index contributed by atoms with van der Waals surface area (Å²) in [6.07, 6.45) is 0.849. The topological polar surface area (TPSA) is 22.1 Å². The summed E-state index contributed by atoms with van der Waals surface area (Å²) in [5, 5.41) is 2.44. The average Bonchev–Trinajstić information content (AvgIpc) is 2.71. The predicted molar refractivity (Wildman–Crippen MR) is 107 cm³/mol. The maximum atomic E-state index is 5.95. The van der Waals surface area contributed by atoms with Gasteiger partial charge in [0.25, 0.3) is 0 Å². The van der Waals surface area contributed by atoms with Gasteiger partial charge in [-0.3, -0.25) is 4.98 Å². The van der Waals surface area contributed by atoms with Crippen molar-refractivity contribution in [3.8, 4) is 28.1 Å². The molecule has 1 aliphatic heterocycles. The van der Waals surface area contributed by atoms with Crippen molar-refractivity contribution in [2.24, 2.45) is 0 Å². The van der Waals surface area contributed by atoms with E-state index >= 15 is 0 Å². The zero-order valence-corrected chi connectivity index (χ0v) is 14.7. The quantitative estimate of drug-likeness (QED) is 0.460. The van der Waals surface area contributed by atoms with E-state index in [4.69, 9.17) is 9.72 Å². The molecule has 0 saturated carbocycles. The summed E-state index contributed by atoms with van der Waals surface area (Å²) in [5.41, 5.74) is 7.00. The number of hydrogen-bond acceptors (Lipinski definition) is 2. The van der Waals surface area contributed by atoms with E-state index in [2.05, 4.69) is 73.7 Å². The van der Waals surface area contributed by atoms with Crippen molar-refractivity contribution in [1.29, 1.82) is 0 Å². The molecule has 2 nitrogen and oxygen atoms in total. The van der Waals surface area contributed by atoms with E-state index in [1.54, 1.807) is 0 Å². The average molecular weight is 337 g/mol. The highest BCUT2D eigenvalue weighted by Gasteiger charge is 2.23. The van der Waals surface area contributed by atoms with Gasteiger partial charge in [0.1, 0.15) is 5.75 Å². The molecule has 0 aliphatic carbocycles. The van der Waals surface area contributed by atoms with Crippen LogP contribution in [0, 0.1) is 6.92 Å². The number of benzene rings is 3. The van der Waals surface area contributed by atoms with Crippen LogP contribution in [0.4, 0.5) is 0 Å². The minimum Gasteiger partial charge on any atom is -0.492 e. The molecule has 0 saturated heterocycles. The van der Waals surface area contributed by atoms with Crippen molar-refractivity contribution in [3.63, 3.8) is 0 Å². The summed E-state index contributed by atoms with van der Waals surface area (Å²) < 4.78 is 5.95. The summed E-state index contributed by atoms with van der Waals surface area (Å²) in [5.74, 6) is 0.955. The van der Waals surface area contributed by atoms with Gasteiger partial charge in [0.05, 0.1) is 18.0 Å². The lowest BCUT2D eigenvalue weighted by Crippen LogP contribution is -2.12. The maximum absolute atomic E-state index is 5.95. The summed E-state index contributed by atoms with van der Waals surface area (Å²) in [7, 11) is 0. The molecule has 2 heterocycles. The van der Waals surface area contributed by atoms with Crippen LogP contribution in [0.5, 0.6) is 5.75 Å². The Morgan fingerprint density at radius 2 is 1.46 bits per heavy atom. The van der Waals surface area contributed by atoms with Gasteiger partial charge in [-0.05, 0) is 24.1 Å². The molecule has 0 radical (unpaired) electrons. The molecular weight excluding hydrogens is 318 g/mol. The van der Waals surface area contributed by atoms with Crippen LogP contribution >= 0.6 is 0 Å². The van der Waals surface area contributed by atoms with Crippen molar-refractivity contribution in [2.75, 3.05) is 6.61 Å². The second kappa shape index (κ2) is 5.99.